The molecule has 0 radical (unpaired) electrons. The van der Waals surface area contributed by atoms with E-state index in [4.69, 9.17) is 9.47 Å². The van der Waals surface area contributed by atoms with Gasteiger partial charge in [0, 0.05) is 13.1 Å². The molecule has 1 heterocycles. The minimum absolute atomic E-state index is 0.0949. The van der Waals surface area contributed by atoms with E-state index in [9.17, 15) is 9.59 Å². The van der Waals surface area contributed by atoms with Gasteiger partial charge in [-0.15, -0.1) is 0 Å². The molecule has 0 spiro atoms. The highest BCUT2D eigenvalue weighted by Gasteiger charge is 2.36. The third-order valence-electron chi connectivity index (χ3n) is 2.87. The van der Waals surface area contributed by atoms with E-state index in [2.05, 4.69) is 0 Å². The van der Waals surface area contributed by atoms with Crippen molar-refractivity contribution in [1.82, 2.24) is 4.90 Å². The van der Waals surface area contributed by atoms with Crippen LogP contribution in [0.4, 0.5) is 0 Å². The quantitative estimate of drug-likeness (QED) is 0.362. The lowest BCUT2D eigenvalue weighted by molar-refractivity contribution is -0.155. The van der Waals surface area contributed by atoms with Crippen LogP contribution in [0.25, 0.3) is 0 Å². The number of nitrogens with zero attached hydrogens (tertiary/aromatic N) is 1. The lowest BCUT2D eigenvalue weighted by Crippen LogP contribution is -2.34. The van der Waals surface area contributed by atoms with E-state index in [-0.39, 0.29) is 18.4 Å². The maximum absolute atomic E-state index is 11.9. The van der Waals surface area contributed by atoms with Crippen LogP contribution in [0.3, 0.4) is 0 Å². The SMILES string of the molecule is CCCCOC(=O)[C@@H](CC(=O)OCC(C)C)N1CC1. The molecule has 110 valence electrons. The molecule has 0 saturated carbocycles. The van der Waals surface area contributed by atoms with Crippen LogP contribution in [0, 0.1) is 5.92 Å². The molecule has 1 atom stereocenters. The number of esters is 2. The van der Waals surface area contributed by atoms with Gasteiger partial charge in [0.25, 0.3) is 0 Å². The van der Waals surface area contributed by atoms with E-state index in [0.717, 1.165) is 25.9 Å². The molecular weight excluding hydrogens is 246 g/mol. The predicted octanol–water partition coefficient (Wildman–Crippen LogP) is 1.60. The first-order valence-corrected chi connectivity index (χ1v) is 7.11. The van der Waals surface area contributed by atoms with Crippen molar-refractivity contribution in [3.8, 4) is 0 Å². The largest absolute Gasteiger partial charge is 0.465 e. The van der Waals surface area contributed by atoms with Gasteiger partial charge in [-0.25, -0.2) is 0 Å². The topological polar surface area (TPSA) is 55.6 Å². The third kappa shape index (κ3) is 6.57. The molecule has 0 bridgehead atoms. The highest BCUT2D eigenvalue weighted by atomic mass is 16.5. The molecule has 19 heavy (non-hydrogen) atoms. The molecule has 1 fully saturated rings. The average molecular weight is 271 g/mol. The number of hydrogen-bond donors (Lipinski definition) is 0. The molecule has 1 aliphatic rings. The summed E-state index contributed by atoms with van der Waals surface area (Å²) in [6, 6.07) is -0.462. The number of unbranched alkanes of at least 4 members (excludes halogenated alkanes) is 1. The van der Waals surface area contributed by atoms with E-state index < -0.39 is 6.04 Å². The number of hydrogen-bond acceptors (Lipinski definition) is 5. The zero-order chi connectivity index (χ0) is 14.3. The molecule has 0 aromatic heterocycles. The van der Waals surface area contributed by atoms with Gasteiger partial charge >= 0.3 is 11.9 Å². The highest BCUT2D eigenvalue weighted by molar-refractivity contribution is 5.83. The smallest absolute Gasteiger partial charge is 0.323 e. The van der Waals surface area contributed by atoms with Gasteiger partial charge in [0.05, 0.1) is 19.6 Å². The van der Waals surface area contributed by atoms with Gasteiger partial charge in [-0.2, -0.15) is 0 Å². The van der Waals surface area contributed by atoms with Crippen LogP contribution in [0.2, 0.25) is 0 Å². The van der Waals surface area contributed by atoms with Crippen LogP contribution >= 0.6 is 0 Å². The Labute approximate surface area is 115 Å². The van der Waals surface area contributed by atoms with E-state index in [1.165, 1.54) is 0 Å². The molecule has 0 aromatic carbocycles. The van der Waals surface area contributed by atoms with Crippen LogP contribution in [-0.2, 0) is 19.1 Å². The van der Waals surface area contributed by atoms with Crippen molar-refractivity contribution in [1.29, 1.82) is 0 Å². The summed E-state index contributed by atoms with van der Waals surface area (Å²) in [7, 11) is 0. The van der Waals surface area contributed by atoms with E-state index in [1.807, 2.05) is 25.7 Å². The second kappa shape index (κ2) is 8.15. The molecule has 0 amide bonds. The van der Waals surface area contributed by atoms with Crippen molar-refractivity contribution >= 4 is 11.9 Å². The van der Waals surface area contributed by atoms with Crippen LogP contribution in [-0.4, -0.2) is 49.2 Å². The van der Waals surface area contributed by atoms with E-state index >= 15 is 0 Å². The van der Waals surface area contributed by atoms with Crippen molar-refractivity contribution < 1.29 is 19.1 Å². The van der Waals surface area contributed by atoms with Crippen molar-refractivity contribution in [2.75, 3.05) is 26.3 Å². The maximum atomic E-state index is 11.9. The first-order chi connectivity index (χ1) is 9.04. The minimum atomic E-state index is -0.462. The summed E-state index contributed by atoms with van der Waals surface area (Å²) in [6.45, 7) is 8.54. The molecule has 1 aliphatic heterocycles. The summed E-state index contributed by atoms with van der Waals surface area (Å²) in [6.07, 6.45) is 1.94. The van der Waals surface area contributed by atoms with Gasteiger partial charge in [0.1, 0.15) is 6.04 Å². The molecule has 1 saturated heterocycles. The first-order valence-electron chi connectivity index (χ1n) is 7.11. The van der Waals surface area contributed by atoms with E-state index in [1.54, 1.807) is 0 Å². The molecule has 0 unspecified atom stereocenters. The minimum Gasteiger partial charge on any atom is -0.465 e. The van der Waals surface area contributed by atoms with Crippen LogP contribution < -0.4 is 0 Å². The molecular formula is C14H25NO4. The first kappa shape index (κ1) is 16.0. The zero-order valence-corrected chi connectivity index (χ0v) is 12.2. The van der Waals surface area contributed by atoms with Gasteiger partial charge in [0.2, 0.25) is 0 Å². The van der Waals surface area contributed by atoms with Gasteiger partial charge < -0.3 is 9.47 Å². The Morgan fingerprint density at radius 1 is 1.21 bits per heavy atom. The Morgan fingerprint density at radius 2 is 1.89 bits per heavy atom. The standard InChI is InChI=1S/C14H25NO4/c1-4-5-8-18-14(17)12(15-6-7-15)9-13(16)19-10-11(2)3/h11-12H,4-10H2,1-3H3/t12-/m1/s1. The maximum Gasteiger partial charge on any atom is 0.323 e. The molecule has 0 N–H and O–H groups in total. The third-order valence-corrected chi connectivity index (χ3v) is 2.87. The normalized spacial score (nSPS) is 16.2. The number of carbonyl (C=O) groups excluding carboxylic acids is 2. The zero-order valence-electron chi connectivity index (χ0n) is 12.2. The molecule has 5 nitrogen and oxygen atoms in total. The van der Waals surface area contributed by atoms with Gasteiger partial charge in [0.15, 0.2) is 0 Å². The molecule has 5 heteroatoms. The van der Waals surface area contributed by atoms with Gasteiger partial charge in [-0.1, -0.05) is 27.2 Å². The Hall–Kier alpha value is -1.10. The predicted molar refractivity (Wildman–Crippen MR) is 71.6 cm³/mol. The van der Waals surface area contributed by atoms with E-state index in [0.29, 0.717) is 19.1 Å². The molecule has 1 rings (SSSR count). The van der Waals surface area contributed by atoms with Crippen LogP contribution in [0.5, 0.6) is 0 Å². The summed E-state index contributed by atoms with van der Waals surface area (Å²) < 4.78 is 10.3. The lowest BCUT2D eigenvalue weighted by Gasteiger charge is -2.16. The van der Waals surface area contributed by atoms with Gasteiger partial charge in [-0.05, 0) is 12.3 Å². The summed E-state index contributed by atoms with van der Waals surface area (Å²) in [5, 5.41) is 0. The summed E-state index contributed by atoms with van der Waals surface area (Å²) in [5.74, 6) is -0.314. The molecule has 0 aromatic rings. The lowest BCUT2D eigenvalue weighted by atomic mass is 10.2. The Morgan fingerprint density at radius 3 is 2.42 bits per heavy atom. The fourth-order valence-electron chi connectivity index (χ4n) is 1.62. The van der Waals surface area contributed by atoms with Crippen molar-refractivity contribution in [2.24, 2.45) is 5.92 Å². The molecule has 0 aliphatic carbocycles. The Balaban J connectivity index is 2.35. The van der Waals surface area contributed by atoms with Crippen LogP contribution in [0.1, 0.15) is 40.0 Å². The van der Waals surface area contributed by atoms with Crippen molar-refractivity contribution in [3.63, 3.8) is 0 Å². The van der Waals surface area contributed by atoms with Gasteiger partial charge in [-0.3, -0.25) is 14.5 Å². The number of carbonyl (C=O) groups is 2. The van der Waals surface area contributed by atoms with Crippen molar-refractivity contribution in [3.05, 3.63) is 0 Å². The second-order valence-electron chi connectivity index (χ2n) is 5.35. The number of rotatable bonds is 9. The number of ether oxygens (including phenoxy) is 2. The average Bonchev–Trinajstić information content (AvgIpc) is 3.17. The summed E-state index contributed by atoms with van der Waals surface area (Å²) in [5.41, 5.74) is 0. The fraction of sp³-hybridized carbons (Fsp3) is 0.857. The summed E-state index contributed by atoms with van der Waals surface area (Å²) >= 11 is 0. The summed E-state index contributed by atoms with van der Waals surface area (Å²) in [4.78, 5) is 25.5. The second-order valence-corrected chi connectivity index (χ2v) is 5.35. The fourth-order valence-corrected chi connectivity index (χ4v) is 1.62. The Kier molecular flexibility index (Phi) is 6.84. The highest BCUT2D eigenvalue weighted by Crippen LogP contribution is 2.16. The monoisotopic (exact) mass is 271 g/mol. The van der Waals surface area contributed by atoms with Crippen molar-refractivity contribution in [2.45, 2.75) is 46.1 Å². The van der Waals surface area contributed by atoms with Crippen LogP contribution in [0.15, 0.2) is 0 Å². The Bertz CT molecular complexity index is 300.